The van der Waals surface area contributed by atoms with Crippen LogP contribution in [0.25, 0.3) is 0 Å². The first-order valence-corrected chi connectivity index (χ1v) is 15.3. The fraction of sp³-hybridized carbons (Fsp3) is 0.774. The van der Waals surface area contributed by atoms with Crippen molar-refractivity contribution in [3.05, 3.63) is 30.6 Å². The van der Waals surface area contributed by atoms with E-state index in [9.17, 15) is 9.59 Å². The number of methoxy groups -OCH3 is 1. The van der Waals surface area contributed by atoms with Crippen LogP contribution in [0, 0.1) is 0 Å². The predicted molar refractivity (Wildman–Crippen MR) is 154 cm³/mol. The Morgan fingerprint density at radius 3 is 1.82 bits per heavy atom. The maximum Gasteiger partial charge on any atom is 0.508 e. The number of alkyl carbamates (subject to hydrolysis) is 1. The molecule has 1 heterocycles. The van der Waals surface area contributed by atoms with Gasteiger partial charge in [-0.2, -0.15) is 0 Å². The molecule has 0 saturated heterocycles. The molecule has 0 bridgehead atoms. The second-order valence-electron chi connectivity index (χ2n) is 10.2. The van der Waals surface area contributed by atoms with Gasteiger partial charge in [-0.05, 0) is 6.42 Å². The minimum absolute atomic E-state index is 0.0988. The minimum atomic E-state index is -0.824. The van der Waals surface area contributed by atoms with Crippen LogP contribution in [0.15, 0.2) is 30.6 Å². The highest BCUT2D eigenvalue weighted by atomic mass is 16.7. The summed E-state index contributed by atoms with van der Waals surface area (Å²) in [5.74, 6) is 0. The highest BCUT2D eigenvalue weighted by molar-refractivity contribution is 5.67. The van der Waals surface area contributed by atoms with Crippen molar-refractivity contribution >= 4 is 12.2 Å². The molecule has 0 unspecified atom stereocenters. The molecule has 224 valence electrons. The molecule has 39 heavy (non-hydrogen) atoms. The molecule has 0 spiro atoms. The fourth-order valence-corrected chi connectivity index (χ4v) is 4.36. The average molecular weight is 552 g/mol. The summed E-state index contributed by atoms with van der Waals surface area (Å²) in [5, 5.41) is 2.69. The number of nitrogens with one attached hydrogen (secondary N) is 1. The van der Waals surface area contributed by atoms with Gasteiger partial charge in [-0.3, -0.25) is 0 Å². The summed E-state index contributed by atoms with van der Waals surface area (Å²) >= 11 is 0. The fourth-order valence-electron chi connectivity index (χ4n) is 4.36. The van der Waals surface area contributed by atoms with Crippen LogP contribution in [0.1, 0.15) is 110 Å². The number of carbonyl (C=O) groups is 2. The third-order valence-electron chi connectivity index (χ3n) is 6.69. The highest BCUT2D eigenvalue weighted by Gasteiger charge is 2.18. The van der Waals surface area contributed by atoms with Crippen molar-refractivity contribution in [1.82, 2.24) is 5.32 Å². The molecule has 0 aliphatic carbocycles. The lowest BCUT2D eigenvalue weighted by atomic mass is 10.0. The van der Waals surface area contributed by atoms with Crippen molar-refractivity contribution < 1.29 is 33.1 Å². The molecule has 0 radical (unpaired) electrons. The van der Waals surface area contributed by atoms with E-state index in [0.717, 1.165) is 12.8 Å². The Morgan fingerprint density at radius 2 is 1.28 bits per heavy atom. The molecule has 0 aromatic carbocycles. The zero-order valence-electron chi connectivity index (χ0n) is 24.7. The Balaban J connectivity index is 1.99. The van der Waals surface area contributed by atoms with Crippen LogP contribution in [0.2, 0.25) is 0 Å². The monoisotopic (exact) mass is 551 g/mol. The summed E-state index contributed by atoms with van der Waals surface area (Å²) in [6, 6.07) is 5.78. The first-order valence-electron chi connectivity index (χ1n) is 15.3. The van der Waals surface area contributed by atoms with E-state index in [1.54, 1.807) is 0 Å². The molecule has 8 heteroatoms. The number of unbranched alkanes of at least 4 members (excludes halogenated alkanes) is 15. The third kappa shape index (κ3) is 22.2. The Labute approximate surface area is 237 Å². The first kappa shape index (κ1) is 34.7. The second kappa shape index (κ2) is 25.9. The van der Waals surface area contributed by atoms with Crippen molar-refractivity contribution in [3.8, 4) is 0 Å². The summed E-state index contributed by atoms with van der Waals surface area (Å²) in [7, 11) is 1.24. The standard InChI is InChI=1S/C31H54N2O6/c1-3-4-5-6-7-8-9-10-11-12-13-14-15-16-17-21-26-37-27-29(39-31(35)36-2)28-38-30(34)32-22-25-33-23-19-18-20-24-33/h18-20,23-24,29H,3-17,21-22,25-28H2,1-2H3/p+1/t29-/m0/s1. The molecule has 8 nitrogen and oxygen atoms in total. The van der Waals surface area contributed by atoms with E-state index in [1.807, 2.05) is 35.2 Å². The molecule has 1 rings (SSSR count). The molecule has 0 aliphatic rings. The van der Waals surface area contributed by atoms with Gasteiger partial charge < -0.3 is 24.3 Å². The Kier molecular flexibility index (Phi) is 23.0. The van der Waals surface area contributed by atoms with E-state index in [-0.39, 0.29) is 13.2 Å². The van der Waals surface area contributed by atoms with Crippen LogP contribution in [0.3, 0.4) is 0 Å². The van der Waals surface area contributed by atoms with E-state index in [1.165, 1.54) is 97.0 Å². The van der Waals surface area contributed by atoms with E-state index in [0.29, 0.717) is 19.7 Å². The van der Waals surface area contributed by atoms with Gasteiger partial charge in [-0.25, -0.2) is 14.2 Å². The lowest BCUT2D eigenvalue weighted by Gasteiger charge is -2.17. The van der Waals surface area contributed by atoms with E-state index in [4.69, 9.17) is 14.2 Å². The second-order valence-corrected chi connectivity index (χ2v) is 10.2. The maximum absolute atomic E-state index is 12.0. The van der Waals surface area contributed by atoms with Crippen molar-refractivity contribution in [1.29, 1.82) is 0 Å². The number of pyridine rings is 1. The number of carbonyl (C=O) groups excluding carboxylic acids is 2. The summed E-state index contributed by atoms with van der Waals surface area (Å²) < 4.78 is 22.6. The van der Waals surface area contributed by atoms with Gasteiger partial charge in [0.2, 0.25) is 0 Å². The van der Waals surface area contributed by atoms with Gasteiger partial charge in [-0.15, -0.1) is 0 Å². The van der Waals surface area contributed by atoms with Crippen LogP contribution in [-0.2, 0) is 25.5 Å². The molecule has 1 aromatic rings. The van der Waals surface area contributed by atoms with E-state index in [2.05, 4.69) is 17.0 Å². The van der Waals surface area contributed by atoms with Gasteiger partial charge in [0.1, 0.15) is 6.61 Å². The van der Waals surface area contributed by atoms with Crippen LogP contribution in [0.4, 0.5) is 9.59 Å². The van der Waals surface area contributed by atoms with Crippen molar-refractivity contribution in [2.45, 2.75) is 122 Å². The summed E-state index contributed by atoms with van der Waals surface area (Å²) in [6.07, 6.45) is 22.9. The van der Waals surface area contributed by atoms with E-state index >= 15 is 0 Å². The van der Waals surface area contributed by atoms with Crippen molar-refractivity contribution in [2.24, 2.45) is 0 Å². The van der Waals surface area contributed by atoms with Crippen LogP contribution in [-0.4, -0.2) is 51.8 Å². The van der Waals surface area contributed by atoms with Gasteiger partial charge in [0, 0.05) is 18.7 Å². The van der Waals surface area contributed by atoms with Crippen molar-refractivity contribution in [3.63, 3.8) is 0 Å². The van der Waals surface area contributed by atoms with Gasteiger partial charge in [0.25, 0.3) is 0 Å². The topological polar surface area (TPSA) is 87.0 Å². The SMILES string of the molecule is CCCCCCCCCCCCCCCCCCOC[C@@H](COC(=O)NCC[n+]1ccccc1)OC(=O)OC. The Morgan fingerprint density at radius 1 is 0.744 bits per heavy atom. The number of rotatable bonds is 25. The molecule has 1 amide bonds. The van der Waals surface area contributed by atoms with E-state index < -0.39 is 18.4 Å². The lowest BCUT2D eigenvalue weighted by molar-refractivity contribution is -0.694. The molecule has 1 atom stereocenters. The number of amides is 1. The van der Waals surface area contributed by atoms with Gasteiger partial charge >= 0.3 is 12.2 Å². The van der Waals surface area contributed by atoms with Crippen LogP contribution in [0.5, 0.6) is 0 Å². The van der Waals surface area contributed by atoms with Crippen molar-refractivity contribution in [2.75, 3.05) is 33.5 Å². The number of aromatic nitrogens is 1. The number of hydrogen-bond donors (Lipinski definition) is 1. The molecular formula is C31H55N2O6+. The molecular weight excluding hydrogens is 496 g/mol. The average Bonchev–Trinajstić information content (AvgIpc) is 2.95. The van der Waals surface area contributed by atoms with Crippen LogP contribution >= 0.6 is 0 Å². The highest BCUT2D eigenvalue weighted by Crippen LogP contribution is 2.13. The Hall–Kier alpha value is -2.35. The molecule has 1 N–H and O–H groups in total. The smallest absolute Gasteiger partial charge is 0.446 e. The third-order valence-corrected chi connectivity index (χ3v) is 6.69. The minimum Gasteiger partial charge on any atom is -0.446 e. The quantitative estimate of drug-likeness (QED) is 0.0790. The number of nitrogens with zero attached hydrogens (tertiary/aromatic N) is 1. The predicted octanol–water partition coefficient (Wildman–Crippen LogP) is 7.13. The van der Waals surface area contributed by atoms with Gasteiger partial charge in [0.05, 0.1) is 20.3 Å². The van der Waals surface area contributed by atoms with Gasteiger partial charge in [0.15, 0.2) is 25.0 Å². The summed E-state index contributed by atoms with van der Waals surface area (Å²) in [5.41, 5.74) is 0. The summed E-state index contributed by atoms with van der Waals surface area (Å²) in [6.45, 7) is 3.96. The zero-order chi connectivity index (χ0) is 28.2. The number of ether oxygens (including phenoxy) is 4. The zero-order valence-corrected chi connectivity index (χ0v) is 24.7. The largest absolute Gasteiger partial charge is 0.508 e. The molecule has 0 aliphatic heterocycles. The lowest BCUT2D eigenvalue weighted by Crippen LogP contribution is -2.40. The molecule has 0 fully saturated rings. The van der Waals surface area contributed by atoms with Crippen LogP contribution < -0.4 is 9.88 Å². The first-order chi connectivity index (χ1) is 19.2. The normalized spacial score (nSPS) is 11.6. The maximum atomic E-state index is 12.0. The molecule has 0 saturated carbocycles. The number of hydrogen-bond acceptors (Lipinski definition) is 6. The Bertz CT molecular complexity index is 704. The van der Waals surface area contributed by atoms with Gasteiger partial charge in [-0.1, -0.05) is 109 Å². The molecule has 1 aromatic heterocycles. The summed E-state index contributed by atoms with van der Waals surface area (Å²) in [4.78, 5) is 23.5.